The molecule has 0 aromatic heterocycles. The van der Waals surface area contributed by atoms with Crippen LogP contribution in [0.5, 0.6) is 0 Å². The van der Waals surface area contributed by atoms with E-state index < -0.39 is 10.0 Å². The van der Waals surface area contributed by atoms with Gasteiger partial charge in [-0.25, -0.2) is 8.42 Å². The van der Waals surface area contributed by atoms with Gasteiger partial charge in [0.05, 0.1) is 4.90 Å². The Kier molecular flexibility index (Phi) is 4.20. The van der Waals surface area contributed by atoms with Crippen LogP contribution in [-0.4, -0.2) is 21.5 Å². The molecule has 132 valence electrons. The number of nitrogens with zero attached hydrogens (tertiary/aromatic N) is 1. The van der Waals surface area contributed by atoms with Crippen molar-refractivity contribution in [1.82, 2.24) is 0 Å². The van der Waals surface area contributed by atoms with E-state index in [-0.39, 0.29) is 0 Å². The van der Waals surface area contributed by atoms with Gasteiger partial charge in [-0.2, -0.15) is 0 Å². The molecule has 0 amide bonds. The molecule has 0 atom stereocenters. The predicted octanol–water partition coefficient (Wildman–Crippen LogP) is 3.88. The van der Waals surface area contributed by atoms with Crippen molar-refractivity contribution in [3.63, 3.8) is 0 Å². The van der Waals surface area contributed by atoms with Crippen LogP contribution in [0.1, 0.15) is 36.0 Å². The Morgan fingerprint density at radius 1 is 0.920 bits per heavy atom. The highest BCUT2D eigenvalue weighted by molar-refractivity contribution is 7.92. The van der Waals surface area contributed by atoms with Gasteiger partial charge in [-0.05, 0) is 86.1 Å². The summed E-state index contributed by atoms with van der Waals surface area (Å²) in [7, 11) is -3.55. The molecule has 5 heteroatoms. The van der Waals surface area contributed by atoms with E-state index in [1.54, 1.807) is 6.07 Å². The van der Waals surface area contributed by atoms with E-state index in [0.717, 1.165) is 37.9 Å². The fourth-order valence-electron chi connectivity index (χ4n) is 3.96. The summed E-state index contributed by atoms with van der Waals surface area (Å²) >= 11 is 0. The monoisotopic (exact) mass is 356 g/mol. The predicted molar refractivity (Wildman–Crippen MR) is 102 cm³/mol. The molecule has 1 fully saturated rings. The lowest BCUT2D eigenvalue weighted by molar-refractivity contribution is 0.601. The van der Waals surface area contributed by atoms with Gasteiger partial charge < -0.3 is 4.90 Å². The third-order valence-electron chi connectivity index (χ3n) is 5.28. The van der Waals surface area contributed by atoms with Gasteiger partial charge in [0.15, 0.2) is 0 Å². The van der Waals surface area contributed by atoms with E-state index in [1.807, 2.05) is 37.3 Å². The number of sulfonamides is 1. The van der Waals surface area contributed by atoms with Gasteiger partial charge in [0.2, 0.25) is 0 Å². The number of hydrogen-bond acceptors (Lipinski definition) is 3. The van der Waals surface area contributed by atoms with Crippen molar-refractivity contribution in [2.75, 3.05) is 22.7 Å². The first kappa shape index (κ1) is 16.5. The molecule has 1 N–H and O–H groups in total. The van der Waals surface area contributed by atoms with E-state index in [1.165, 1.54) is 29.7 Å². The Morgan fingerprint density at radius 2 is 1.68 bits per heavy atom. The first-order valence-corrected chi connectivity index (χ1v) is 10.5. The third-order valence-corrected chi connectivity index (χ3v) is 6.65. The molecule has 1 saturated heterocycles. The maximum atomic E-state index is 12.7. The second-order valence-corrected chi connectivity index (χ2v) is 8.77. The van der Waals surface area contributed by atoms with E-state index in [0.29, 0.717) is 10.6 Å². The first-order chi connectivity index (χ1) is 12.0. The van der Waals surface area contributed by atoms with E-state index >= 15 is 0 Å². The van der Waals surface area contributed by atoms with E-state index in [2.05, 4.69) is 9.62 Å². The fraction of sp³-hybridized carbons (Fsp3) is 0.400. The molecule has 4 rings (SSSR count). The Balaban J connectivity index is 1.57. The van der Waals surface area contributed by atoms with Crippen molar-refractivity contribution in [3.8, 4) is 0 Å². The normalized spacial score (nSPS) is 16.9. The Bertz CT molecular complexity index is 900. The lowest BCUT2D eigenvalue weighted by Gasteiger charge is -2.21. The van der Waals surface area contributed by atoms with Crippen LogP contribution in [0, 0.1) is 6.92 Å². The topological polar surface area (TPSA) is 49.4 Å². The first-order valence-electron chi connectivity index (χ1n) is 9.03. The molecule has 2 aromatic carbocycles. The quantitative estimate of drug-likeness (QED) is 0.904. The molecule has 0 saturated carbocycles. The summed E-state index contributed by atoms with van der Waals surface area (Å²) in [4.78, 5) is 2.73. The zero-order valence-electron chi connectivity index (χ0n) is 14.6. The van der Waals surface area contributed by atoms with Crippen LogP contribution < -0.4 is 9.62 Å². The van der Waals surface area contributed by atoms with Gasteiger partial charge in [0.1, 0.15) is 0 Å². The molecule has 0 radical (unpaired) electrons. The SMILES string of the molecule is Cc1cc(NS(=O)(=O)c2ccc3c(c2)CCC3)ccc1N1CCCC1. The molecule has 1 aliphatic heterocycles. The summed E-state index contributed by atoms with van der Waals surface area (Å²) in [6, 6.07) is 11.3. The lowest BCUT2D eigenvalue weighted by atomic mass is 10.1. The molecule has 0 bridgehead atoms. The fourth-order valence-corrected chi connectivity index (χ4v) is 5.06. The van der Waals surface area contributed by atoms with Crippen molar-refractivity contribution < 1.29 is 8.42 Å². The zero-order chi connectivity index (χ0) is 17.4. The molecule has 25 heavy (non-hydrogen) atoms. The van der Waals surface area contributed by atoms with Gasteiger partial charge in [-0.15, -0.1) is 0 Å². The highest BCUT2D eigenvalue weighted by Crippen LogP contribution is 2.29. The Hall–Kier alpha value is -2.01. The highest BCUT2D eigenvalue weighted by Gasteiger charge is 2.19. The van der Waals surface area contributed by atoms with Crippen LogP contribution >= 0.6 is 0 Å². The molecule has 2 aliphatic rings. The molecule has 2 aromatic rings. The van der Waals surface area contributed by atoms with Crippen LogP contribution in [0.25, 0.3) is 0 Å². The summed E-state index contributed by atoms with van der Waals surface area (Å²) < 4.78 is 28.2. The van der Waals surface area contributed by atoms with Crippen LogP contribution in [0.2, 0.25) is 0 Å². The lowest BCUT2D eigenvalue weighted by Crippen LogP contribution is -2.19. The largest absolute Gasteiger partial charge is 0.371 e. The maximum Gasteiger partial charge on any atom is 0.261 e. The van der Waals surface area contributed by atoms with E-state index in [4.69, 9.17) is 0 Å². The van der Waals surface area contributed by atoms with Gasteiger partial charge >= 0.3 is 0 Å². The third kappa shape index (κ3) is 3.25. The summed E-state index contributed by atoms with van der Waals surface area (Å²) in [6.07, 6.45) is 5.60. The Labute approximate surface area is 149 Å². The van der Waals surface area contributed by atoms with E-state index in [9.17, 15) is 8.42 Å². The van der Waals surface area contributed by atoms with Crippen molar-refractivity contribution in [2.45, 2.75) is 43.9 Å². The summed E-state index contributed by atoms with van der Waals surface area (Å²) in [5.41, 5.74) is 5.39. The van der Waals surface area contributed by atoms with Crippen molar-refractivity contribution in [2.24, 2.45) is 0 Å². The molecule has 4 nitrogen and oxygen atoms in total. The number of anilines is 2. The summed E-state index contributed by atoms with van der Waals surface area (Å²) in [6.45, 7) is 4.21. The smallest absolute Gasteiger partial charge is 0.261 e. The number of aryl methyl sites for hydroxylation is 3. The zero-order valence-corrected chi connectivity index (χ0v) is 15.4. The number of benzene rings is 2. The van der Waals surface area contributed by atoms with Crippen LogP contribution in [0.15, 0.2) is 41.3 Å². The Morgan fingerprint density at radius 3 is 2.44 bits per heavy atom. The van der Waals surface area contributed by atoms with Gasteiger partial charge in [0, 0.05) is 24.5 Å². The van der Waals surface area contributed by atoms with Crippen LogP contribution in [0.4, 0.5) is 11.4 Å². The standard InChI is InChI=1S/C20H24N2O2S/c1-15-13-18(8-10-20(15)22-11-2-3-12-22)21-25(23,24)19-9-7-16-5-4-6-17(16)14-19/h7-10,13-14,21H,2-6,11-12H2,1H3. The van der Waals surface area contributed by atoms with Gasteiger partial charge in [-0.1, -0.05) is 6.07 Å². The van der Waals surface area contributed by atoms with Crippen LogP contribution in [-0.2, 0) is 22.9 Å². The number of hydrogen-bond donors (Lipinski definition) is 1. The number of nitrogens with one attached hydrogen (secondary N) is 1. The molecule has 1 heterocycles. The average Bonchev–Trinajstić information content (AvgIpc) is 3.25. The molecule has 1 aliphatic carbocycles. The summed E-state index contributed by atoms with van der Waals surface area (Å²) in [5, 5.41) is 0. The van der Waals surface area contributed by atoms with Crippen molar-refractivity contribution in [3.05, 3.63) is 53.1 Å². The average molecular weight is 356 g/mol. The van der Waals surface area contributed by atoms with Crippen LogP contribution in [0.3, 0.4) is 0 Å². The molecule has 0 unspecified atom stereocenters. The maximum absolute atomic E-state index is 12.7. The molecular formula is C20H24N2O2S. The van der Waals surface area contributed by atoms with Crippen molar-refractivity contribution in [1.29, 1.82) is 0 Å². The number of rotatable bonds is 4. The van der Waals surface area contributed by atoms with Gasteiger partial charge in [0.25, 0.3) is 10.0 Å². The summed E-state index contributed by atoms with van der Waals surface area (Å²) in [5.74, 6) is 0. The highest BCUT2D eigenvalue weighted by atomic mass is 32.2. The minimum atomic E-state index is -3.55. The minimum absolute atomic E-state index is 0.356. The second-order valence-electron chi connectivity index (χ2n) is 7.08. The number of fused-ring (bicyclic) bond motifs is 1. The second kappa shape index (κ2) is 6.37. The minimum Gasteiger partial charge on any atom is -0.371 e. The van der Waals surface area contributed by atoms with Crippen molar-refractivity contribution >= 4 is 21.4 Å². The molecular weight excluding hydrogens is 332 g/mol. The molecule has 0 spiro atoms. The van der Waals surface area contributed by atoms with Gasteiger partial charge in [-0.3, -0.25) is 4.72 Å².